The summed E-state index contributed by atoms with van der Waals surface area (Å²) >= 11 is 6.15. The molecule has 0 saturated heterocycles. The minimum absolute atomic E-state index is 0.107. The Morgan fingerprint density at radius 2 is 1.89 bits per heavy atom. The summed E-state index contributed by atoms with van der Waals surface area (Å²) < 4.78 is 5.70. The Balaban J connectivity index is 1.72. The molecule has 3 aromatic rings. The average molecular weight is 382 g/mol. The molecule has 0 radical (unpaired) electrons. The van der Waals surface area contributed by atoms with Gasteiger partial charge >= 0.3 is 5.97 Å². The summed E-state index contributed by atoms with van der Waals surface area (Å²) in [4.78, 5) is 23.2. The van der Waals surface area contributed by atoms with Crippen molar-refractivity contribution < 1.29 is 19.1 Å². The number of carbonyl (C=O) groups is 2. The predicted molar refractivity (Wildman–Crippen MR) is 105 cm³/mol. The number of amides is 1. The number of carboxylic acid groups (broad SMARTS) is 1. The highest BCUT2D eigenvalue weighted by Gasteiger charge is 2.09. The van der Waals surface area contributed by atoms with Gasteiger partial charge in [-0.1, -0.05) is 29.8 Å². The van der Waals surface area contributed by atoms with E-state index in [0.717, 1.165) is 11.1 Å². The maximum atomic E-state index is 12.1. The van der Waals surface area contributed by atoms with Gasteiger partial charge in [-0.15, -0.1) is 0 Å². The Hall–Kier alpha value is -3.31. The molecular formula is C21H16ClNO4. The van der Waals surface area contributed by atoms with E-state index in [1.807, 2.05) is 18.2 Å². The normalized spacial score (nSPS) is 10.9. The number of benzene rings is 2. The van der Waals surface area contributed by atoms with E-state index in [0.29, 0.717) is 22.2 Å². The van der Waals surface area contributed by atoms with Gasteiger partial charge in [-0.2, -0.15) is 0 Å². The number of furan rings is 1. The van der Waals surface area contributed by atoms with Crippen LogP contribution >= 0.6 is 11.6 Å². The highest BCUT2D eigenvalue weighted by atomic mass is 35.5. The van der Waals surface area contributed by atoms with Gasteiger partial charge in [-0.05, 0) is 55.0 Å². The number of hydrogen-bond acceptors (Lipinski definition) is 3. The Kier molecular flexibility index (Phi) is 5.43. The van der Waals surface area contributed by atoms with Gasteiger partial charge in [0, 0.05) is 17.3 Å². The van der Waals surface area contributed by atoms with Crippen LogP contribution in [0.2, 0.25) is 5.02 Å². The van der Waals surface area contributed by atoms with Crippen LogP contribution in [0.3, 0.4) is 0 Å². The standard InChI is InChI=1S/C21H16ClNO4/c1-13-6-7-14(21(25)26)12-18(13)23-20(24)11-9-15-8-10-19(27-15)16-4-2-3-5-17(16)22/h2-12H,1H3,(H,23,24)(H,25,26)/b11-9+. The summed E-state index contributed by atoms with van der Waals surface area (Å²) in [6, 6.07) is 15.4. The first-order valence-corrected chi connectivity index (χ1v) is 8.49. The van der Waals surface area contributed by atoms with Crippen molar-refractivity contribution in [3.8, 4) is 11.3 Å². The molecule has 0 aliphatic heterocycles. The van der Waals surface area contributed by atoms with Crippen LogP contribution in [0.4, 0.5) is 5.69 Å². The van der Waals surface area contributed by atoms with E-state index < -0.39 is 11.9 Å². The molecule has 6 heteroatoms. The molecule has 5 nitrogen and oxygen atoms in total. The number of rotatable bonds is 5. The molecule has 0 atom stereocenters. The quantitative estimate of drug-likeness (QED) is 0.591. The lowest BCUT2D eigenvalue weighted by Gasteiger charge is -2.07. The highest BCUT2D eigenvalue weighted by molar-refractivity contribution is 6.33. The van der Waals surface area contributed by atoms with E-state index in [2.05, 4.69) is 5.32 Å². The SMILES string of the molecule is Cc1ccc(C(=O)O)cc1NC(=O)/C=C/c1ccc(-c2ccccc2Cl)o1. The maximum Gasteiger partial charge on any atom is 0.335 e. The van der Waals surface area contributed by atoms with Gasteiger partial charge in [0.05, 0.1) is 10.6 Å². The summed E-state index contributed by atoms with van der Waals surface area (Å²) in [6.07, 6.45) is 2.86. The van der Waals surface area contributed by atoms with Crippen LogP contribution in [0.15, 0.2) is 65.1 Å². The molecule has 1 aromatic heterocycles. The number of anilines is 1. The first-order chi connectivity index (χ1) is 12.9. The van der Waals surface area contributed by atoms with E-state index in [4.69, 9.17) is 21.1 Å². The van der Waals surface area contributed by atoms with Crippen LogP contribution in [0.1, 0.15) is 21.7 Å². The Morgan fingerprint density at radius 3 is 2.63 bits per heavy atom. The molecular weight excluding hydrogens is 366 g/mol. The molecule has 0 unspecified atom stereocenters. The zero-order valence-corrected chi connectivity index (χ0v) is 15.2. The molecule has 2 aromatic carbocycles. The van der Waals surface area contributed by atoms with Gasteiger partial charge < -0.3 is 14.8 Å². The third-order valence-electron chi connectivity index (χ3n) is 3.91. The molecule has 1 heterocycles. The van der Waals surface area contributed by atoms with E-state index >= 15 is 0 Å². The van der Waals surface area contributed by atoms with Crippen molar-refractivity contribution in [3.05, 3.63) is 82.6 Å². The first kappa shape index (κ1) is 18.5. The summed E-state index contributed by atoms with van der Waals surface area (Å²) in [6.45, 7) is 1.79. The van der Waals surface area contributed by atoms with Crippen LogP contribution in [0.25, 0.3) is 17.4 Å². The van der Waals surface area contributed by atoms with Crippen molar-refractivity contribution >= 4 is 35.2 Å². The summed E-state index contributed by atoms with van der Waals surface area (Å²) in [5.74, 6) is -0.346. The minimum Gasteiger partial charge on any atom is -0.478 e. The monoisotopic (exact) mass is 381 g/mol. The Morgan fingerprint density at radius 1 is 1.11 bits per heavy atom. The van der Waals surface area contributed by atoms with Gasteiger partial charge in [0.2, 0.25) is 5.91 Å². The number of carbonyl (C=O) groups excluding carboxylic acids is 1. The summed E-state index contributed by atoms with van der Waals surface area (Å²) in [5.41, 5.74) is 2.08. The molecule has 0 aliphatic rings. The predicted octanol–water partition coefficient (Wildman–Crippen LogP) is 5.26. The number of nitrogens with one attached hydrogen (secondary N) is 1. The number of hydrogen-bond donors (Lipinski definition) is 2. The van der Waals surface area contributed by atoms with E-state index in [9.17, 15) is 9.59 Å². The molecule has 1 amide bonds. The van der Waals surface area contributed by atoms with Crippen LogP contribution in [-0.4, -0.2) is 17.0 Å². The molecule has 0 aliphatic carbocycles. The summed E-state index contributed by atoms with van der Waals surface area (Å²) in [5, 5.41) is 12.3. The molecule has 2 N–H and O–H groups in total. The van der Waals surface area contributed by atoms with Crippen LogP contribution in [0, 0.1) is 6.92 Å². The van der Waals surface area contributed by atoms with E-state index in [1.165, 1.54) is 24.3 Å². The Labute approximate surface area is 160 Å². The van der Waals surface area contributed by atoms with Crippen LogP contribution < -0.4 is 5.32 Å². The van der Waals surface area contributed by atoms with Gasteiger partial charge in [0.15, 0.2) is 0 Å². The third kappa shape index (κ3) is 4.46. The molecule has 3 rings (SSSR count). The van der Waals surface area contributed by atoms with Crippen molar-refractivity contribution in [2.24, 2.45) is 0 Å². The first-order valence-electron chi connectivity index (χ1n) is 8.12. The zero-order valence-electron chi connectivity index (χ0n) is 14.4. The fraction of sp³-hybridized carbons (Fsp3) is 0.0476. The van der Waals surface area contributed by atoms with E-state index in [-0.39, 0.29) is 5.56 Å². The van der Waals surface area contributed by atoms with Crippen LogP contribution in [-0.2, 0) is 4.79 Å². The lowest BCUT2D eigenvalue weighted by Crippen LogP contribution is -2.10. The second-order valence-corrected chi connectivity index (χ2v) is 6.25. The van der Waals surface area contributed by atoms with Gasteiger partial charge in [-0.25, -0.2) is 4.79 Å². The number of carboxylic acids is 1. The topological polar surface area (TPSA) is 79.5 Å². The second kappa shape index (κ2) is 7.93. The van der Waals surface area contributed by atoms with Gasteiger partial charge in [-0.3, -0.25) is 4.79 Å². The largest absolute Gasteiger partial charge is 0.478 e. The number of aromatic carboxylic acids is 1. The smallest absolute Gasteiger partial charge is 0.335 e. The number of aryl methyl sites for hydroxylation is 1. The number of halogens is 1. The summed E-state index contributed by atoms with van der Waals surface area (Å²) in [7, 11) is 0. The maximum absolute atomic E-state index is 12.1. The van der Waals surface area contributed by atoms with Crippen molar-refractivity contribution in [1.82, 2.24) is 0 Å². The minimum atomic E-state index is -1.05. The lowest BCUT2D eigenvalue weighted by atomic mass is 10.1. The molecule has 0 spiro atoms. The molecule has 0 bridgehead atoms. The van der Waals surface area contributed by atoms with Crippen molar-refractivity contribution in [3.63, 3.8) is 0 Å². The molecule has 0 saturated carbocycles. The van der Waals surface area contributed by atoms with Crippen molar-refractivity contribution in [2.75, 3.05) is 5.32 Å². The highest BCUT2D eigenvalue weighted by Crippen LogP contribution is 2.29. The molecule has 0 fully saturated rings. The van der Waals surface area contributed by atoms with Crippen molar-refractivity contribution in [2.45, 2.75) is 6.92 Å². The van der Waals surface area contributed by atoms with Gasteiger partial charge in [0.25, 0.3) is 0 Å². The molecule has 27 heavy (non-hydrogen) atoms. The average Bonchev–Trinajstić information content (AvgIpc) is 3.11. The Bertz CT molecular complexity index is 1040. The van der Waals surface area contributed by atoms with E-state index in [1.54, 1.807) is 31.2 Å². The van der Waals surface area contributed by atoms with Crippen LogP contribution in [0.5, 0.6) is 0 Å². The third-order valence-corrected chi connectivity index (χ3v) is 4.24. The fourth-order valence-corrected chi connectivity index (χ4v) is 2.70. The lowest BCUT2D eigenvalue weighted by molar-refractivity contribution is -0.111. The second-order valence-electron chi connectivity index (χ2n) is 5.84. The van der Waals surface area contributed by atoms with Gasteiger partial charge in [0.1, 0.15) is 11.5 Å². The fourth-order valence-electron chi connectivity index (χ4n) is 2.47. The van der Waals surface area contributed by atoms with Crippen molar-refractivity contribution in [1.29, 1.82) is 0 Å². The zero-order chi connectivity index (χ0) is 19.4. The molecule has 136 valence electrons.